The Morgan fingerprint density at radius 2 is 1.95 bits per heavy atom. The third-order valence-electron chi connectivity index (χ3n) is 5.22. The van der Waals surface area contributed by atoms with Gasteiger partial charge in [-0.25, -0.2) is 0 Å². The van der Waals surface area contributed by atoms with Gasteiger partial charge in [0.15, 0.2) is 0 Å². The fraction of sp³-hybridized carbons (Fsp3) is 0.579. The van der Waals surface area contributed by atoms with Crippen molar-refractivity contribution in [1.29, 1.82) is 0 Å². The van der Waals surface area contributed by atoms with E-state index in [0.717, 1.165) is 17.8 Å². The summed E-state index contributed by atoms with van der Waals surface area (Å²) in [5.41, 5.74) is 1.71. The van der Waals surface area contributed by atoms with Crippen LogP contribution in [0.4, 0.5) is 0 Å². The quantitative estimate of drug-likeness (QED) is 0.736. The minimum absolute atomic E-state index is 0.728. The van der Waals surface area contributed by atoms with E-state index in [9.17, 15) is 0 Å². The van der Waals surface area contributed by atoms with Gasteiger partial charge in [-0.2, -0.15) is 0 Å². The lowest BCUT2D eigenvalue weighted by Crippen LogP contribution is -2.36. The first kappa shape index (κ1) is 13.9. The van der Waals surface area contributed by atoms with Crippen LogP contribution in [-0.2, 0) is 0 Å². The van der Waals surface area contributed by atoms with Crippen molar-refractivity contribution in [3.8, 4) is 0 Å². The van der Waals surface area contributed by atoms with Crippen molar-refractivity contribution in [3.63, 3.8) is 0 Å². The van der Waals surface area contributed by atoms with Crippen LogP contribution in [0.2, 0.25) is 0 Å². The summed E-state index contributed by atoms with van der Waals surface area (Å²) in [6.45, 7) is 2.55. The van der Waals surface area contributed by atoms with Gasteiger partial charge in [0.05, 0.1) is 0 Å². The molecular weight excluding hydrogens is 242 g/mol. The maximum absolute atomic E-state index is 2.49. The molecule has 2 unspecified atom stereocenters. The Kier molecular flexibility index (Phi) is 4.57. The number of piperidine rings is 1. The van der Waals surface area contributed by atoms with E-state index in [2.05, 4.69) is 54.5 Å². The van der Waals surface area contributed by atoms with E-state index in [-0.39, 0.29) is 0 Å². The summed E-state index contributed by atoms with van der Waals surface area (Å²) in [5, 5.41) is 0. The van der Waals surface area contributed by atoms with Crippen LogP contribution < -0.4 is 0 Å². The Hall–Kier alpha value is -1.08. The molecule has 0 aromatic heterocycles. The molecule has 1 aliphatic heterocycles. The summed E-state index contributed by atoms with van der Waals surface area (Å²) in [6.07, 6.45) is 22.8. The van der Waals surface area contributed by atoms with Gasteiger partial charge in [-0.1, -0.05) is 48.1 Å². The SMILES string of the molecule is CN1CCC(C(C2=CC=CCC2)C2C=CC=CC2)CC1. The monoisotopic (exact) mass is 269 g/mol. The minimum Gasteiger partial charge on any atom is -0.306 e. The van der Waals surface area contributed by atoms with Crippen molar-refractivity contribution in [1.82, 2.24) is 4.90 Å². The summed E-state index contributed by atoms with van der Waals surface area (Å²) in [7, 11) is 2.26. The number of hydrogen-bond acceptors (Lipinski definition) is 1. The third kappa shape index (κ3) is 3.15. The molecule has 0 bridgehead atoms. The van der Waals surface area contributed by atoms with Crippen molar-refractivity contribution in [3.05, 3.63) is 48.1 Å². The van der Waals surface area contributed by atoms with E-state index >= 15 is 0 Å². The molecule has 0 spiro atoms. The lowest BCUT2D eigenvalue weighted by atomic mass is 9.69. The predicted octanol–water partition coefficient (Wildman–Crippen LogP) is 4.35. The Bertz CT molecular complexity index is 433. The molecule has 0 aromatic rings. The molecule has 0 amide bonds. The molecule has 0 aromatic carbocycles. The molecule has 1 nitrogen and oxygen atoms in total. The summed E-state index contributed by atoms with van der Waals surface area (Å²) in [5.74, 6) is 2.38. The largest absolute Gasteiger partial charge is 0.306 e. The summed E-state index contributed by atoms with van der Waals surface area (Å²) >= 11 is 0. The van der Waals surface area contributed by atoms with Crippen LogP contribution in [0.25, 0.3) is 0 Å². The van der Waals surface area contributed by atoms with Gasteiger partial charge in [0, 0.05) is 0 Å². The molecule has 0 N–H and O–H groups in total. The first-order valence-electron chi connectivity index (χ1n) is 8.22. The first-order valence-corrected chi connectivity index (χ1v) is 8.22. The second-order valence-corrected chi connectivity index (χ2v) is 6.59. The Labute approximate surface area is 123 Å². The summed E-state index contributed by atoms with van der Waals surface area (Å²) in [4.78, 5) is 2.49. The van der Waals surface area contributed by atoms with Crippen LogP contribution in [0.15, 0.2) is 48.1 Å². The van der Waals surface area contributed by atoms with Gasteiger partial charge in [0.25, 0.3) is 0 Å². The summed E-state index contributed by atoms with van der Waals surface area (Å²) in [6, 6.07) is 0. The number of rotatable bonds is 3. The molecule has 3 aliphatic rings. The van der Waals surface area contributed by atoms with Gasteiger partial charge >= 0.3 is 0 Å². The zero-order valence-corrected chi connectivity index (χ0v) is 12.7. The van der Waals surface area contributed by atoms with Gasteiger partial charge in [-0.3, -0.25) is 0 Å². The Morgan fingerprint density at radius 1 is 1.10 bits per heavy atom. The van der Waals surface area contributed by atoms with Crippen molar-refractivity contribution in [2.75, 3.05) is 20.1 Å². The molecular formula is C19H27N. The van der Waals surface area contributed by atoms with E-state index in [4.69, 9.17) is 0 Å². The van der Waals surface area contributed by atoms with Crippen LogP contribution >= 0.6 is 0 Å². The molecule has 1 heteroatoms. The number of hydrogen-bond donors (Lipinski definition) is 0. The van der Waals surface area contributed by atoms with Crippen molar-refractivity contribution in [2.24, 2.45) is 17.8 Å². The zero-order valence-electron chi connectivity index (χ0n) is 12.7. The minimum atomic E-state index is 0.728. The zero-order chi connectivity index (χ0) is 13.8. The van der Waals surface area contributed by atoms with E-state index in [0.29, 0.717) is 0 Å². The molecule has 3 rings (SSSR count). The maximum atomic E-state index is 2.49. The molecule has 2 aliphatic carbocycles. The highest BCUT2D eigenvalue weighted by atomic mass is 15.1. The number of allylic oxidation sites excluding steroid dienone is 8. The predicted molar refractivity (Wildman–Crippen MR) is 86.6 cm³/mol. The topological polar surface area (TPSA) is 3.24 Å². The average Bonchev–Trinajstić information content (AvgIpc) is 2.52. The Morgan fingerprint density at radius 3 is 2.60 bits per heavy atom. The lowest BCUT2D eigenvalue weighted by molar-refractivity contribution is 0.162. The highest BCUT2D eigenvalue weighted by Crippen LogP contribution is 2.40. The van der Waals surface area contributed by atoms with Crippen molar-refractivity contribution >= 4 is 0 Å². The van der Waals surface area contributed by atoms with Gasteiger partial charge in [-0.15, -0.1) is 0 Å². The van der Waals surface area contributed by atoms with Gasteiger partial charge in [0.1, 0.15) is 0 Å². The van der Waals surface area contributed by atoms with E-state index in [1.54, 1.807) is 5.57 Å². The van der Waals surface area contributed by atoms with Crippen LogP contribution in [0.3, 0.4) is 0 Å². The van der Waals surface area contributed by atoms with Gasteiger partial charge in [-0.05, 0) is 70.0 Å². The maximum Gasteiger partial charge on any atom is -0.00189 e. The van der Waals surface area contributed by atoms with Gasteiger partial charge in [0.2, 0.25) is 0 Å². The fourth-order valence-corrected chi connectivity index (χ4v) is 4.08. The van der Waals surface area contributed by atoms with E-state index in [1.165, 1.54) is 45.2 Å². The molecule has 1 saturated heterocycles. The molecule has 1 fully saturated rings. The molecule has 108 valence electrons. The molecule has 1 heterocycles. The summed E-state index contributed by atoms with van der Waals surface area (Å²) < 4.78 is 0. The number of nitrogens with zero attached hydrogens (tertiary/aromatic N) is 1. The molecule has 0 saturated carbocycles. The molecule has 0 radical (unpaired) electrons. The highest BCUT2D eigenvalue weighted by molar-refractivity contribution is 5.25. The molecule has 2 atom stereocenters. The second kappa shape index (κ2) is 6.58. The van der Waals surface area contributed by atoms with Crippen LogP contribution in [0.5, 0.6) is 0 Å². The Balaban J connectivity index is 1.79. The second-order valence-electron chi connectivity index (χ2n) is 6.59. The first-order chi connectivity index (χ1) is 9.84. The van der Waals surface area contributed by atoms with E-state index < -0.39 is 0 Å². The van der Waals surface area contributed by atoms with Gasteiger partial charge < -0.3 is 4.90 Å². The average molecular weight is 269 g/mol. The molecule has 20 heavy (non-hydrogen) atoms. The normalized spacial score (nSPS) is 29.4. The van der Waals surface area contributed by atoms with Crippen LogP contribution in [-0.4, -0.2) is 25.0 Å². The number of likely N-dealkylation sites (tertiary alicyclic amines) is 1. The van der Waals surface area contributed by atoms with Crippen molar-refractivity contribution < 1.29 is 0 Å². The van der Waals surface area contributed by atoms with E-state index in [1.807, 2.05) is 0 Å². The van der Waals surface area contributed by atoms with Crippen LogP contribution in [0, 0.1) is 17.8 Å². The highest BCUT2D eigenvalue weighted by Gasteiger charge is 2.32. The lowest BCUT2D eigenvalue weighted by Gasteiger charge is -2.39. The third-order valence-corrected chi connectivity index (χ3v) is 5.22. The standard InChI is InChI=1S/C19H27N/c1-20-14-12-18(13-15-20)19(16-8-4-2-5-9-16)17-10-6-3-7-11-17/h2-6,8,10,16,18-19H,7,9,11-15H2,1H3. The van der Waals surface area contributed by atoms with Crippen LogP contribution in [0.1, 0.15) is 32.1 Å². The smallest absolute Gasteiger partial charge is 0.00189 e. The van der Waals surface area contributed by atoms with Crippen molar-refractivity contribution in [2.45, 2.75) is 32.1 Å². The fourth-order valence-electron chi connectivity index (χ4n) is 4.08.